The third kappa shape index (κ3) is 7.69. The second-order valence-electron chi connectivity index (χ2n) is 3.63. The average Bonchev–Trinajstić information content (AvgIpc) is 1.77. The third-order valence-corrected chi connectivity index (χ3v) is 2.74. The molecule has 0 spiro atoms. The van der Waals surface area contributed by atoms with Gasteiger partial charge in [-0.05, 0) is 13.8 Å². The Balaban J connectivity index is 3.96. The minimum atomic E-state index is -1.38. The molecule has 0 saturated heterocycles. The van der Waals surface area contributed by atoms with E-state index in [9.17, 15) is 13.8 Å². The minimum absolute atomic E-state index is 0.194. The predicted octanol–water partition coefficient (Wildman–Crippen LogP) is -1.33. The quantitative estimate of drug-likeness (QED) is 0.545. The Morgan fingerprint density at radius 3 is 2.29 bits per heavy atom. The number of rotatable bonds is 4. The molecule has 5 N–H and O–H groups in total. The van der Waals surface area contributed by atoms with Crippen LogP contribution in [0.3, 0.4) is 0 Å². The first-order valence-corrected chi connectivity index (χ1v) is 5.42. The number of nitrogens with one attached hydrogen (secondary N) is 1. The second kappa shape index (κ2) is 5.06. The number of imide groups is 1. The molecule has 7 heteroatoms. The highest BCUT2D eigenvalue weighted by molar-refractivity contribution is 7.85. The van der Waals surface area contributed by atoms with Gasteiger partial charge in [0.15, 0.2) is 0 Å². The SMILES string of the molecule is CC(C)(N)CS(=O)CC(=O)NC(N)=O. The Kier molecular flexibility index (Phi) is 4.72. The molecule has 14 heavy (non-hydrogen) atoms. The van der Waals surface area contributed by atoms with Crippen LogP contribution in [0.25, 0.3) is 0 Å². The molecule has 0 fully saturated rings. The van der Waals surface area contributed by atoms with E-state index in [1.54, 1.807) is 13.8 Å². The van der Waals surface area contributed by atoms with Gasteiger partial charge in [-0.1, -0.05) is 0 Å². The van der Waals surface area contributed by atoms with Crippen molar-refractivity contribution in [3.05, 3.63) is 0 Å². The molecule has 0 aromatic rings. The van der Waals surface area contributed by atoms with Gasteiger partial charge in [-0.25, -0.2) is 4.79 Å². The summed E-state index contributed by atoms with van der Waals surface area (Å²) < 4.78 is 11.3. The van der Waals surface area contributed by atoms with E-state index < -0.39 is 28.3 Å². The number of nitrogens with two attached hydrogens (primary N) is 2. The fraction of sp³-hybridized carbons (Fsp3) is 0.714. The molecule has 1 unspecified atom stereocenters. The van der Waals surface area contributed by atoms with Gasteiger partial charge in [-0.15, -0.1) is 0 Å². The predicted molar refractivity (Wildman–Crippen MR) is 53.9 cm³/mol. The molecule has 3 amide bonds. The first-order valence-electron chi connectivity index (χ1n) is 3.94. The van der Waals surface area contributed by atoms with Crippen molar-refractivity contribution in [2.45, 2.75) is 19.4 Å². The maximum atomic E-state index is 11.3. The fourth-order valence-electron chi connectivity index (χ4n) is 0.786. The number of hydrogen-bond acceptors (Lipinski definition) is 4. The Hall–Kier alpha value is -0.950. The molecule has 0 heterocycles. The summed E-state index contributed by atoms with van der Waals surface area (Å²) in [6.07, 6.45) is 0. The Morgan fingerprint density at radius 2 is 1.93 bits per heavy atom. The highest BCUT2D eigenvalue weighted by atomic mass is 32.2. The molecule has 0 aliphatic rings. The first kappa shape index (κ1) is 13.1. The van der Waals surface area contributed by atoms with Crippen LogP contribution in [0, 0.1) is 0 Å². The van der Waals surface area contributed by atoms with Gasteiger partial charge < -0.3 is 11.5 Å². The van der Waals surface area contributed by atoms with E-state index in [-0.39, 0.29) is 11.5 Å². The highest BCUT2D eigenvalue weighted by Gasteiger charge is 2.17. The van der Waals surface area contributed by atoms with Crippen molar-refractivity contribution in [2.75, 3.05) is 11.5 Å². The molecule has 1 atom stereocenters. The van der Waals surface area contributed by atoms with Crippen LogP contribution in [0.1, 0.15) is 13.8 Å². The summed E-state index contributed by atoms with van der Waals surface area (Å²) in [5, 5.41) is 1.83. The lowest BCUT2D eigenvalue weighted by molar-refractivity contribution is -0.117. The smallest absolute Gasteiger partial charge is 0.318 e. The van der Waals surface area contributed by atoms with Crippen LogP contribution < -0.4 is 16.8 Å². The van der Waals surface area contributed by atoms with Gasteiger partial charge in [-0.3, -0.25) is 14.3 Å². The molecule has 0 aliphatic heterocycles. The van der Waals surface area contributed by atoms with E-state index in [4.69, 9.17) is 11.5 Å². The summed E-state index contributed by atoms with van der Waals surface area (Å²) in [6.45, 7) is 3.41. The van der Waals surface area contributed by atoms with Crippen LogP contribution in [0.2, 0.25) is 0 Å². The zero-order valence-corrected chi connectivity index (χ0v) is 9.02. The van der Waals surface area contributed by atoms with Gasteiger partial charge in [0.1, 0.15) is 5.75 Å². The van der Waals surface area contributed by atoms with Crippen LogP contribution in [0.5, 0.6) is 0 Å². The molecular formula is C7H15N3O3S. The van der Waals surface area contributed by atoms with Gasteiger partial charge in [0.2, 0.25) is 5.91 Å². The number of primary amides is 1. The van der Waals surface area contributed by atoms with Crippen molar-refractivity contribution in [2.24, 2.45) is 11.5 Å². The number of carbonyl (C=O) groups excluding carboxylic acids is 2. The van der Waals surface area contributed by atoms with E-state index in [0.29, 0.717) is 0 Å². The second-order valence-corrected chi connectivity index (χ2v) is 5.09. The Bertz CT molecular complexity index is 259. The normalized spacial score (nSPS) is 13.4. The van der Waals surface area contributed by atoms with Gasteiger partial charge in [0, 0.05) is 22.1 Å². The van der Waals surface area contributed by atoms with E-state index in [1.165, 1.54) is 0 Å². The summed E-state index contributed by atoms with van der Waals surface area (Å²) in [4.78, 5) is 21.1. The fourth-order valence-corrected chi connectivity index (χ4v) is 2.08. The van der Waals surface area contributed by atoms with Gasteiger partial charge in [0.25, 0.3) is 0 Å². The zero-order valence-electron chi connectivity index (χ0n) is 8.20. The summed E-state index contributed by atoms with van der Waals surface area (Å²) in [5.74, 6) is -0.719. The topological polar surface area (TPSA) is 115 Å². The maximum absolute atomic E-state index is 11.3. The largest absolute Gasteiger partial charge is 0.351 e. The number of amides is 3. The van der Waals surface area contributed by atoms with Crippen LogP contribution in [-0.4, -0.2) is 33.2 Å². The lowest BCUT2D eigenvalue weighted by atomic mass is 10.1. The van der Waals surface area contributed by atoms with Crippen LogP contribution in [0.4, 0.5) is 4.79 Å². The average molecular weight is 221 g/mol. The molecule has 0 bridgehead atoms. The summed E-state index contributed by atoms with van der Waals surface area (Å²) >= 11 is 0. The van der Waals surface area contributed by atoms with E-state index in [1.807, 2.05) is 5.32 Å². The Labute approximate surface area is 84.9 Å². The molecule has 0 radical (unpaired) electrons. The molecule has 0 saturated carbocycles. The maximum Gasteiger partial charge on any atom is 0.318 e. The standard InChI is InChI=1S/C7H15N3O3S/c1-7(2,9)4-14(13)3-5(11)10-6(8)12/h3-4,9H2,1-2H3,(H3,8,10,11,12). The molecule has 0 aliphatic carbocycles. The van der Waals surface area contributed by atoms with E-state index in [0.717, 1.165) is 0 Å². The van der Waals surface area contributed by atoms with Crippen LogP contribution in [0.15, 0.2) is 0 Å². The van der Waals surface area contributed by atoms with Crippen LogP contribution >= 0.6 is 0 Å². The zero-order chi connectivity index (χ0) is 11.4. The van der Waals surface area contributed by atoms with Crippen molar-refractivity contribution in [1.82, 2.24) is 5.32 Å². The number of carbonyl (C=O) groups is 2. The Morgan fingerprint density at radius 1 is 1.43 bits per heavy atom. The first-order chi connectivity index (χ1) is 6.20. The molecule has 0 aromatic carbocycles. The lowest BCUT2D eigenvalue weighted by Crippen LogP contribution is -2.42. The van der Waals surface area contributed by atoms with Crippen molar-refractivity contribution in [3.63, 3.8) is 0 Å². The molecule has 0 rings (SSSR count). The van der Waals surface area contributed by atoms with Gasteiger partial charge in [0.05, 0.1) is 0 Å². The lowest BCUT2D eigenvalue weighted by Gasteiger charge is -2.16. The summed E-state index contributed by atoms with van der Waals surface area (Å²) in [7, 11) is -1.38. The molecular weight excluding hydrogens is 206 g/mol. The van der Waals surface area contributed by atoms with E-state index in [2.05, 4.69) is 0 Å². The van der Waals surface area contributed by atoms with E-state index >= 15 is 0 Å². The van der Waals surface area contributed by atoms with Crippen molar-refractivity contribution >= 4 is 22.7 Å². The third-order valence-electron chi connectivity index (χ3n) is 1.09. The van der Waals surface area contributed by atoms with Gasteiger partial charge >= 0.3 is 6.03 Å². The van der Waals surface area contributed by atoms with Crippen molar-refractivity contribution in [1.29, 1.82) is 0 Å². The van der Waals surface area contributed by atoms with Crippen molar-refractivity contribution in [3.8, 4) is 0 Å². The number of urea groups is 1. The van der Waals surface area contributed by atoms with Gasteiger partial charge in [-0.2, -0.15) is 0 Å². The van der Waals surface area contributed by atoms with Crippen LogP contribution in [-0.2, 0) is 15.6 Å². The minimum Gasteiger partial charge on any atom is -0.351 e. The molecule has 0 aromatic heterocycles. The number of hydrogen-bond donors (Lipinski definition) is 3. The summed E-state index contributed by atoms with van der Waals surface area (Å²) in [5.41, 5.74) is 9.70. The molecule has 6 nitrogen and oxygen atoms in total. The monoisotopic (exact) mass is 221 g/mol. The summed E-state index contributed by atoms with van der Waals surface area (Å²) in [6, 6.07) is -0.945. The van der Waals surface area contributed by atoms with Crippen molar-refractivity contribution < 1.29 is 13.8 Å². The highest BCUT2D eigenvalue weighted by Crippen LogP contribution is 1.99. The molecule has 82 valence electrons.